The highest BCUT2D eigenvalue weighted by atomic mass is 79.9. The molecule has 0 saturated carbocycles. The van der Waals surface area contributed by atoms with Gasteiger partial charge >= 0.3 is 0 Å². The number of halogens is 1. The maximum Gasteiger partial charge on any atom is 0.291 e. The Bertz CT molecular complexity index is 609. The van der Waals surface area contributed by atoms with Gasteiger partial charge in [-0.05, 0) is 37.3 Å². The lowest BCUT2D eigenvalue weighted by Gasteiger charge is -2.09. The molecule has 0 aliphatic heterocycles. The number of hydrogen-bond acceptors (Lipinski definition) is 3. The van der Waals surface area contributed by atoms with Crippen molar-refractivity contribution in [2.45, 2.75) is 11.8 Å². The van der Waals surface area contributed by atoms with Gasteiger partial charge in [-0.2, -0.15) is 0 Å². The molecule has 0 radical (unpaired) electrons. The summed E-state index contributed by atoms with van der Waals surface area (Å²) < 4.78 is 5.01. The Labute approximate surface area is 124 Å². The molecule has 0 saturated heterocycles. The van der Waals surface area contributed by atoms with Crippen molar-refractivity contribution in [2.24, 2.45) is 0 Å². The Morgan fingerprint density at radius 3 is 2.45 bits per heavy atom. The van der Waals surface area contributed by atoms with E-state index in [0.717, 1.165) is 0 Å². The van der Waals surface area contributed by atoms with Gasteiger partial charge in [0.2, 0.25) is 5.91 Å². The zero-order valence-corrected chi connectivity index (χ0v) is 12.3. The molecule has 2 rings (SSSR count). The van der Waals surface area contributed by atoms with Gasteiger partial charge < -0.3 is 15.1 Å². The second kappa shape index (κ2) is 6.38. The van der Waals surface area contributed by atoms with Crippen LogP contribution in [0.25, 0.3) is 0 Å². The maximum absolute atomic E-state index is 11.8. The summed E-state index contributed by atoms with van der Waals surface area (Å²) in [6, 6.07) is 10.1. The minimum absolute atomic E-state index is 0.153. The first-order valence-corrected chi connectivity index (χ1v) is 6.87. The Hall–Kier alpha value is -2.08. The summed E-state index contributed by atoms with van der Waals surface area (Å²) in [6.45, 7) is 1.73. The quantitative estimate of drug-likeness (QED) is 0.842. The van der Waals surface area contributed by atoms with E-state index in [2.05, 4.69) is 26.6 Å². The molecule has 0 aliphatic carbocycles. The van der Waals surface area contributed by atoms with E-state index in [1.165, 1.54) is 6.26 Å². The van der Waals surface area contributed by atoms with Gasteiger partial charge in [-0.15, -0.1) is 0 Å². The first kappa shape index (κ1) is 14.3. The number of hydrogen-bond donors (Lipinski definition) is 2. The third kappa shape index (κ3) is 3.71. The van der Waals surface area contributed by atoms with E-state index in [4.69, 9.17) is 4.42 Å². The van der Waals surface area contributed by atoms with Crippen LogP contribution in [0, 0.1) is 0 Å². The molecule has 2 aromatic rings. The number of furan rings is 1. The van der Waals surface area contributed by atoms with Crippen LogP contribution in [0.15, 0.2) is 47.1 Å². The molecule has 0 bridgehead atoms. The van der Waals surface area contributed by atoms with Crippen LogP contribution in [0.1, 0.15) is 17.5 Å². The molecule has 2 N–H and O–H groups in total. The average Bonchev–Trinajstić information content (AvgIpc) is 2.92. The fourth-order valence-electron chi connectivity index (χ4n) is 1.52. The monoisotopic (exact) mass is 336 g/mol. The predicted molar refractivity (Wildman–Crippen MR) is 80.1 cm³/mol. The van der Waals surface area contributed by atoms with E-state index < -0.39 is 0 Å². The lowest BCUT2D eigenvalue weighted by Crippen LogP contribution is -2.20. The minimum atomic E-state index is -0.340. The first-order valence-electron chi connectivity index (χ1n) is 5.96. The maximum atomic E-state index is 11.8. The van der Waals surface area contributed by atoms with Crippen LogP contribution >= 0.6 is 15.9 Å². The highest BCUT2D eigenvalue weighted by molar-refractivity contribution is 9.10. The summed E-state index contributed by atoms with van der Waals surface area (Å²) in [5.41, 5.74) is 1.19. The number of amides is 2. The van der Waals surface area contributed by atoms with Crippen molar-refractivity contribution in [1.82, 2.24) is 0 Å². The lowest BCUT2D eigenvalue weighted by atomic mass is 10.2. The van der Waals surface area contributed by atoms with E-state index in [0.29, 0.717) is 11.4 Å². The molecule has 0 fully saturated rings. The van der Waals surface area contributed by atoms with Gasteiger partial charge in [-0.1, -0.05) is 22.0 Å². The Morgan fingerprint density at radius 2 is 1.85 bits per heavy atom. The zero-order chi connectivity index (χ0) is 14.5. The van der Waals surface area contributed by atoms with Crippen molar-refractivity contribution in [1.29, 1.82) is 0 Å². The number of alkyl halides is 1. The van der Waals surface area contributed by atoms with Crippen LogP contribution in [0.4, 0.5) is 11.4 Å². The van der Waals surface area contributed by atoms with Crippen molar-refractivity contribution < 1.29 is 14.0 Å². The molecule has 1 heterocycles. The molecule has 0 aliphatic rings. The second-order valence-corrected chi connectivity index (χ2v) is 5.49. The molecule has 5 nitrogen and oxygen atoms in total. The van der Waals surface area contributed by atoms with Crippen molar-refractivity contribution >= 4 is 39.1 Å². The smallest absolute Gasteiger partial charge is 0.291 e. The summed E-state index contributed by atoms with van der Waals surface area (Å²) in [6.07, 6.45) is 1.43. The van der Waals surface area contributed by atoms with Gasteiger partial charge in [0.1, 0.15) is 0 Å². The number of benzene rings is 1. The number of carbonyl (C=O) groups excluding carboxylic acids is 2. The fourth-order valence-corrected chi connectivity index (χ4v) is 1.63. The number of anilines is 2. The number of rotatable bonds is 4. The van der Waals surface area contributed by atoms with Crippen LogP contribution in [-0.4, -0.2) is 16.6 Å². The Kier molecular flexibility index (Phi) is 4.57. The van der Waals surface area contributed by atoms with Crippen molar-refractivity contribution in [3.63, 3.8) is 0 Å². The number of carbonyl (C=O) groups is 2. The third-order valence-electron chi connectivity index (χ3n) is 2.49. The third-order valence-corrected chi connectivity index (χ3v) is 2.91. The van der Waals surface area contributed by atoms with Crippen LogP contribution in [0.2, 0.25) is 0 Å². The molecule has 1 aromatic heterocycles. The first-order chi connectivity index (χ1) is 9.56. The van der Waals surface area contributed by atoms with E-state index in [1.807, 2.05) is 0 Å². The van der Waals surface area contributed by atoms with E-state index >= 15 is 0 Å². The lowest BCUT2D eigenvalue weighted by molar-refractivity contribution is -0.115. The van der Waals surface area contributed by atoms with Gasteiger partial charge in [-0.3, -0.25) is 9.59 Å². The molecule has 1 atom stereocenters. The van der Waals surface area contributed by atoms with Crippen molar-refractivity contribution in [3.8, 4) is 0 Å². The van der Waals surface area contributed by atoms with Gasteiger partial charge in [0.25, 0.3) is 5.91 Å². The normalized spacial score (nSPS) is 11.7. The summed E-state index contributed by atoms with van der Waals surface area (Å²) in [7, 11) is 0. The van der Waals surface area contributed by atoms with Crippen LogP contribution in [0.3, 0.4) is 0 Å². The van der Waals surface area contributed by atoms with Crippen molar-refractivity contribution in [2.75, 3.05) is 10.6 Å². The molecule has 2 amide bonds. The summed E-state index contributed by atoms with van der Waals surface area (Å²) in [5.74, 6) is -0.264. The Balaban J connectivity index is 2.06. The fraction of sp³-hybridized carbons (Fsp3) is 0.143. The molecule has 1 unspecified atom stereocenters. The van der Waals surface area contributed by atoms with Gasteiger partial charge in [0, 0.05) is 11.4 Å². The highest BCUT2D eigenvalue weighted by Crippen LogP contribution is 2.17. The molecule has 6 heteroatoms. The van der Waals surface area contributed by atoms with Crippen LogP contribution < -0.4 is 10.6 Å². The summed E-state index contributed by atoms with van der Waals surface area (Å²) >= 11 is 3.19. The van der Waals surface area contributed by atoms with Crippen molar-refractivity contribution in [3.05, 3.63) is 48.4 Å². The van der Waals surface area contributed by atoms with Crippen LogP contribution in [-0.2, 0) is 4.79 Å². The molecule has 1 aromatic carbocycles. The van der Waals surface area contributed by atoms with E-state index in [1.54, 1.807) is 43.3 Å². The van der Waals surface area contributed by atoms with E-state index in [-0.39, 0.29) is 22.4 Å². The molecule has 0 spiro atoms. The predicted octanol–water partition coefficient (Wildman–Crippen LogP) is 3.25. The summed E-state index contributed by atoms with van der Waals surface area (Å²) in [5, 5.41) is 5.42. The van der Waals surface area contributed by atoms with Crippen LogP contribution in [0.5, 0.6) is 0 Å². The average molecular weight is 337 g/mol. The molecular formula is C14H13BrN2O3. The minimum Gasteiger partial charge on any atom is -0.459 e. The SMILES string of the molecule is CC(Br)C(=O)Nc1cccc(NC(=O)c2ccco2)c1. The topological polar surface area (TPSA) is 71.3 Å². The largest absolute Gasteiger partial charge is 0.459 e. The zero-order valence-electron chi connectivity index (χ0n) is 10.7. The highest BCUT2D eigenvalue weighted by Gasteiger charge is 2.11. The number of nitrogens with one attached hydrogen (secondary N) is 2. The standard InChI is InChI=1S/C14H13BrN2O3/c1-9(15)13(18)16-10-4-2-5-11(8-10)17-14(19)12-6-3-7-20-12/h2-9H,1H3,(H,16,18)(H,17,19). The Morgan fingerprint density at radius 1 is 1.15 bits per heavy atom. The molecular weight excluding hydrogens is 324 g/mol. The van der Waals surface area contributed by atoms with Gasteiger partial charge in [-0.25, -0.2) is 0 Å². The molecule has 104 valence electrons. The molecule has 20 heavy (non-hydrogen) atoms. The second-order valence-electron chi connectivity index (χ2n) is 4.12. The van der Waals surface area contributed by atoms with Gasteiger partial charge in [0.15, 0.2) is 5.76 Å². The van der Waals surface area contributed by atoms with Gasteiger partial charge in [0.05, 0.1) is 11.1 Å². The van der Waals surface area contributed by atoms with E-state index in [9.17, 15) is 9.59 Å². The summed E-state index contributed by atoms with van der Waals surface area (Å²) in [4.78, 5) is 23.1.